The highest BCUT2D eigenvalue weighted by Crippen LogP contribution is 2.13. The summed E-state index contributed by atoms with van der Waals surface area (Å²) in [5.74, 6) is -1.65. The zero-order valence-corrected chi connectivity index (χ0v) is 9.92. The number of benzene rings is 2. The zero-order chi connectivity index (χ0) is 13.8. The lowest BCUT2D eigenvalue weighted by molar-refractivity contribution is -0.255. The first kappa shape index (κ1) is 12.6. The summed E-state index contributed by atoms with van der Waals surface area (Å²) < 4.78 is 0. The van der Waals surface area contributed by atoms with Crippen molar-refractivity contribution < 1.29 is 14.7 Å². The largest absolute Gasteiger partial charge is 0.545 e. The molecular formula is C14H11N2O3-. The molecule has 0 atom stereocenters. The van der Waals surface area contributed by atoms with Crippen LogP contribution in [0, 0.1) is 0 Å². The normalized spacial score (nSPS) is 9.89. The maximum absolute atomic E-state index is 11.9. The van der Waals surface area contributed by atoms with Crippen molar-refractivity contribution in [2.75, 3.05) is 11.1 Å². The number of aromatic carboxylic acids is 1. The first-order valence-electron chi connectivity index (χ1n) is 5.54. The molecule has 5 nitrogen and oxygen atoms in total. The van der Waals surface area contributed by atoms with Gasteiger partial charge in [-0.05, 0) is 35.9 Å². The van der Waals surface area contributed by atoms with Crippen molar-refractivity contribution in [1.82, 2.24) is 0 Å². The number of rotatable bonds is 3. The van der Waals surface area contributed by atoms with E-state index < -0.39 is 5.97 Å². The molecule has 0 saturated carbocycles. The highest BCUT2D eigenvalue weighted by Gasteiger charge is 2.06. The van der Waals surface area contributed by atoms with Crippen LogP contribution in [0.4, 0.5) is 11.4 Å². The summed E-state index contributed by atoms with van der Waals surface area (Å²) in [5.41, 5.74) is 6.86. The Morgan fingerprint density at radius 1 is 1.00 bits per heavy atom. The molecule has 2 aromatic rings. The number of nitrogens with one attached hydrogen (secondary N) is 1. The fraction of sp³-hybridized carbons (Fsp3) is 0. The number of carboxylic acid groups (broad SMARTS) is 1. The van der Waals surface area contributed by atoms with E-state index in [2.05, 4.69) is 5.32 Å². The number of anilines is 2. The van der Waals surface area contributed by atoms with Gasteiger partial charge in [0.1, 0.15) is 0 Å². The molecule has 0 spiro atoms. The van der Waals surface area contributed by atoms with Crippen molar-refractivity contribution in [3.8, 4) is 0 Å². The smallest absolute Gasteiger partial charge is 0.255 e. The minimum Gasteiger partial charge on any atom is -0.545 e. The molecule has 3 N–H and O–H groups in total. The second-order valence-electron chi connectivity index (χ2n) is 3.95. The van der Waals surface area contributed by atoms with E-state index in [1.807, 2.05) is 0 Å². The third-order valence-corrected chi connectivity index (χ3v) is 2.50. The molecule has 0 bridgehead atoms. The van der Waals surface area contributed by atoms with Gasteiger partial charge in [-0.3, -0.25) is 4.79 Å². The van der Waals surface area contributed by atoms with Crippen LogP contribution in [0.3, 0.4) is 0 Å². The number of nitrogen functional groups attached to an aromatic ring is 1. The minimum atomic E-state index is -1.29. The van der Waals surface area contributed by atoms with E-state index in [-0.39, 0.29) is 11.5 Å². The number of carbonyl (C=O) groups excluding carboxylic acids is 2. The number of hydrogen-bond donors (Lipinski definition) is 2. The summed E-state index contributed by atoms with van der Waals surface area (Å²) in [6, 6.07) is 12.4. The van der Waals surface area contributed by atoms with Gasteiger partial charge in [-0.15, -0.1) is 0 Å². The van der Waals surface area contributed by atoms with Crippen LogP contribution < -0.4 is 16.2 Å². The first-order chi connectivity index (χ1) is 9.06. The Kier molecular flexibility index (Phi) is 3.47. The van der Waals surface area contributed by atoms with Gasteiger partial charge >= 0.3 is 0 Å². The molecule has 0 aliphatic heterocycles. The highest BCUT2D eigenvalue weighted by atomic mass is 16.4. The van der Waals surface area contributed by atoms with Crippen molar-refractivity contribution in [3.63, 3.8) is 0 Å². The van der Waals surface area contributed by atoms with E-state index in [1.165, 1.54) is 24.3 Å². The number of amides is 1. The van der Waals surface area contributed by atoms with Crippen LogP contribution in [0.25, 0.3) is 0 Å². The molecule has 1 amide bonds. The van der Waals surface area contributed by atoms with E-state index in [4.69, 9.17) is 5.73 Å². The van der Waals surface area contributed by atoms with Gasteiger partial charge in [0.2, 0.25) is 0 Å². The minimum absolute atomic E-state index is 0.00498. The van der Waals surface area contributed by atoms with Gasteiger partial charge in [-0.2, -0.15) is 0 Å². The Morgan fingerprint density at radius 3 is 2.37 bits per heavy atom. The van der Waals surface area contributed by atoms with Crippen LogP contribution >= 0.6 is 0 Å². The highest BCUT2D eigenvalue weighted by molar-refractivity contribution is 6.05. The number of nitrogens with two attached hydrogens (primary N) is 1. The van der Waals surface area contributed by atoms with Gasteiger partial charge in [-0.1, -0.05) is 18.2 Å². The lowest BCUT2D eigenvalue weighted by atomic mass is 10.1. The monoisotopic (exact) mass is 255 g/mol. The molecule has 5 heteroatoms. The van der Waals surface area contributed by atoms with Gasteiger partial charge in [0, 0.05) is 16.9 Å². The van der Waals surface area contributed by atoms with E-state index in [9.17, 15) is 14.7 Å². The summed E-state index contributed by atoms with van der Waals surface area (Å²) in [6.45, 7) is 0. The molecule has 0 fully saturated rings. The number of hydrogen-bond acceptors (Lipinski definition) is 4. The topological polar surface area (TPSA) is 95.2 Å². The standard InChI is InChI=1S/C14H12N2O3/c15-11-5-1-3-9(7-11)13(17)16-12-6-2-4-10(8-12)14(18)19/h1-8H,15H2,(H,16,17)(H,18,19)/p-1. The van der Waals surface area contributed by atoms with Gasteiger partial charge in [0.25, 0.3) is 5.91 Å². The van der Waals surface area contributed by atoms with E-state index in [1.54, 1.807) is 24.3 Å². The van der Waals surface area contributed by atoms with E-state index in [0.29, 0.717) is 16.9 Å². The lowest BCUT2D eigenvalue weighted by Crippen LogP contribution is -2.22. The molecule has 19 heavy (non-hydrogen) atoms. The molecule has 0 saturated heterocycles. The zero-order valence-electron chi connectivity index (χ0n) is 9.92. The fourth-order valence-corrected chi connectivity index (χ4v) is 1.61. The molecule has 0 aliphatic rings. The van der Waals surface area contributed by atoms with Crippen LogP contribution in [0.1, 0.15) is 20.7 Å². The van der Waals surface area contributed by atoms with Crippen molar-refractivity contribution in [1.29, 1.82) is 0 Å². The van der Waals surface area contributed by atoms with Gasteiger partial charge in [0.05, 0.1) is 5.97 Å². The van der Waals surface area contributed by atoms with Gasteiger partial charge in [0.15, 0.2) is 0 Å². The molecule has 0 radical (unpaired) electrons. The number of carboxylic acids is 1. The summed E-state index contributed by atoms with van der Waals surface area (Å²) in [5, 5.41) is 13.3. The van der Waals surface area contributed by atoms with Gasteiger partial charge < -0.3 is 21.0 Å². The molecule has 0 heterocycles. The summed E-state index contributed by atoms with van der Waals surface area (Å²) in [4.78, 5) is 22.6. The predicted molar refractivity (Wildman–Crippen MR) is 69.6 cm³/mol. The molecule has 0 aliphatic carbocycles. The molecule has 2 aromatic carbocycles. The molecule has 96 valence electrons. The van der Waals surface area contributed by atoms with Crippen molar-refractivity contribution in [2.45, 2.75) is 0 Å². The maximum Gasteiger partial charge on any atom is 0.255 e. The fourth-order valence-electron chi connectivity index (χ4n) is 1.61. The molecular weight excluding hydrogens is 244 g/mol. The van der Waals surface area contributed by atoms with Crippen LogP contribution in [0.15, 0.2) is 48.5 Å². The van der Waals surface area contributed by atoms with E-state index >= 15 is 0 Å². The van der Waals surface area contributed by atoms with Crippen LogP contribution in [-0.2, 0) is 0 Å². The third-order valence-electron chi connectivity index (χ3n) is 2.50. The lowest BCUT2D eigenvalue weighted by Gasteiger charge is -2.08. The Hall–Kier alpha value is -2.82. The average molecular weight is 255 g/mol. The van der Waals surface area contributed by atoms with Crippen LogP contribution in [0.5, 0.6) is 0 Å². The quantitative estimate of drug-likeness (QED) is 0.796. The van der Waals surface area contributed by atoms with Crippen molar-refractivity contribution >= 4 is 23.3 Å². The average Bonchev–Trinajstić information content (AvgIpc) is 2.39. The molecule has 0 aromatic heterocycles. The Bertz CT molecular complexity index is 638. The van der Waals surface area contributed by atoms with Gasteiger partial charge in [-0.25, -0.2) is 0 Å². The first-order valence-corrected chi connectivity index (χ1v) is 5.54. The van der Waals surface area contributed by atoms with Crippen LogP contribution in [-0.4, -0.2) is 11.9 Å². The number of carbonyl (C=O) groups is 2. The summed E-state index contributed by atoms with van der Waals surface area (Å²) in [6.07, 6.45) is 0. The third kappa shape index (κ3) is 3.10. The molecule has 2 rings (SSSR count). The second kappa shape index (κ2) is 5.22. The molecule has 0 unspecified atom stereocenters. The Labute approximate surface area is 109 Å². The van der Waals surface area contributed by atoms with Crippen molar-refractivity contribution in [2.24, 2.45) is 0 Å². The summed E-state index contributed by atoms with van der Waals surface area (Å²) >= 11 is 0. The Balaban J connectivity index is 2.19. The van der Waals surface area contributed by atoms with E-state index in [0.717, 1.165) is 0 Å². The predicted octanol–water partition coefficient (Wildman–Crippen LogP) is 0.885. The SMILES string of the molecule is Nc1cccc(C(=O)Nc2cccc(C(=O)[O-])c2)c1. The second-order valence-corrected chi connectivity index (χ2v) is 3.95. The maximum atomic E-state index is 11.9. The van der Waals surface area contributed by atoms with Crippen molar-refractivity contribution in [3.05, 3.63) is 59.7 Å². The Morgan fingerprint density at radius 2 is 1.68 bits per heavy atom. The summed E-state index contributed by atoms with van der Waals surface area (Å²) in [7, 11) is 0. The van der Waals surface area contributed by atoms with Crippen LogP contribution in [0.2, 0.25) is 0 Å².